The summed E-state index contributed by atoms with van der Waals surface area (Å²) in [6.07, 6.45) is -6.15. The Kier molecular flexibility index (Phi) is 14.2. The van der Waals surface area contributed by atoms with E-state index in [2.05, 4.69) is 10.3 Å². The van der Waals surface area contributed by atoms with Gasteiger partial charge in [0.15, 0.2) is 0 Å². The van der Waals surface area contributed by atoms with Gasteiger partial charge in [0.2, 0.25) is 18.0 Å². The maximum absolute atomic E-state index is 13.8. The number of hydrogen-bond acceptors (Lipinski definition) is 14. The number of aromatic nitrogens is 1. The predicted octanol–water partition coefficient (Wildman–Crippen LogP) is 5.04. The Labute approximate surface area is 354 Å². The monoisotopic (exact) mass is 861 g/mol. The lowest BCUT2D eigenvalue weighted by Gasteiger charge is -2.58. The minimum atomic E-state index is -4.17. The fourth-order valence-electron chi connectivity index (χ4n) is 7.93. The predicted molar refractivity (Wildman–Crippen MR) is 218 cm³/mol. The number of nitrogens with one attached hydrogen (secondary N) is 1. The summed E-state index contributed by atoms with van der Waals surface area (Å²) in [5.41, 5.74) is 2.60. The number of phosphoric ester groups is 1. The third-order valence-electron chi connectivity index (χ3n) is 11.2. The summed E-state index contributed by atoms with van der Waals surface area (Å²) in [5.74, 6) is -3.48. The fraction of sp³-hybridized carbons (Fsp3) is 0.432. The Morgan fingerprint density at radius 1 is 0.852 bits per heavy atom. The minimum absolute atomic E-state index is 0.0261. The number of carbonyl (C=O) groups excluding carboxylic acids is 2. The van der Waals surface area contributed by atoms with Gasteiger partial charge >= 0.3 is 13.9 Å². The lowest BCUT2D eigenvalue weighted by atomic mass is 9.74. The van der Waals surface area contributed by atoms with Crippen LogP contribution in [0.15, 0.2) is 109 Å². The van der Waals surface area contributed by atoms with Crippen LogP contribution in [0.25, 0.3) is 0 Å². The third-order valence-corrected chi connectivity index (χ3v) is 12.5. The zero-order valence-electron chi connectivity index (χ0n) is 34.1. The van der Waals surface area contributed by atoms with Gasteiger partial charge in [-0.2, -0.15) is 0 Å². The highest BCUT2D eigenvalue weighted by Gasteiger charge is 2.64. The number of phosphoric acid groups is 1. The molecule has 3 fully saturated rings. The van der Waals surface area contributed by atoms with Crippen LogP contribution in [0.2, 0.25) is 0 Å². The SMILES string of the molecule is CC[C@H]1[C@H](O)[C@H]2O[C@@H]3O[C@H](C)C[C@@H](NC(=O)Cc4ccc(OP(=O)(OCc5ccccc5)OCc5ccccc5)cn4)[C@]3(O)O[C@@H]2[C@@H](N(C)C(=O)OCc2ccccc2)[C@H]1O. The number of ether oxygens (including phenoxy) is 4. The van der Waals surface area contributed by atoms with Crippen molar-refractivity contribution in [1.29, 1.82) is 0 Å². The molecule has 61 heavy (non-hydrogen) atoms. The molecule has 2 amide bonds. The average molecular weight is 862 g/mol. The molecule has 4 aromatic rings. The van der Waals surface area contributed by atoms with E-state index in [1.807, 2.05) is 78.9 Å². The first-order valence-corrected chi connectivity index (χ1v) is 21.7. The molecule has 3 aliphatic rings. The lowest BCUT2D eigenvalue weighted by molar-refractivity contribution is -0.452. The number of aliphatic hydroxyl groups is 3. The zero-order chi connectivity index (χ0) is 43.1. The number of fused-ring (bicyclic) bond motifs is 2. The number of rotatable bonds is 15. The van der Waals surface area contributed by atoms with Crippen LogP contribution in [0, 0.1) is 5.92 Å². The van der Waals surface area contributed by atoms with Gasteiger partial charge in [0, 0.05) is 18.7 Å². The van der Waals surface area contributed by atoms with Crippen LogP contribution < -0.4 is 9.84 Å². The van der Waals surface area contributed by atoms with Gasteiger partial charge in [0.1, 0.15) is 24.6 Å². The molecule has 0 bridgehead atoms. The van der Waals surface area contributed by atoms with Crippen molar-refractivity contribution < 1.29 is 62.0 Å². The van der Waals surface area contributed by atoms with Crippen molar-refractivity contribution in [3.63, 3.8) is 0 Å². The number of benzene rings is 3. The Balaban J connectivity index is 1.02. The van der Waals surface area contributed by atoms with E-state index >= 15 is 0 Å². The van der Waals surface area contributed by atoms with Gasteiger partial charge in [0.25, 0.3) is 0 Å². The molecule has 1 saturated carbocycles. The molecule has 2 aliphatic heterocycles. The fourth-order valence-corrected chi connectivity index (χ4v) is 9.09. The van der Waals surface area contributed by atoms with Crippen LogP contribution in [-0.2, 0) is 63.6 Å². The van der Waals surface area contributed by atoms with Crippen LogP contribution in [-0.4, -0.2) is 98.9 Å². The van der Waals surface area contributed by atoms with E-state index in [4.69, 9.17) is 32.5 Å². The van der Waals surface area contributed by atoms with Crippen molar-refractivity contribution in [2.24, 2.45) is 5.92 Å². The van der Waals surface area contributed by atoms with Crippen molar-refractivity contribution in [3.05, 3.63) is 132 Å². The number of pyridine rings is 1. The summed E-state index contributed by atoms with van der Waals surface area (Å²) in [7, 11) is -2.73. The molecule has 17 heteroatoms. The largest absolute Gasteiger partial charge is 0.530 e. The first-order valence-electron chi connectivity index (χ1n) is 20.3. The van der Waals surface area contributed by atoms with E-state index in [0.29, 0.717) is 12.1 Å². The molecular weight excluding hydrogens is 809 g/mol. The molecule has 3 heterocycles. The second-order valence-electron chi connectivity index (χ2n) is 15.5. The molecule has 1 aliphatic carbocycles. The summed E-state index contributed by atoms with van der Waals surface area (Å²) in [6.45, 7) is 3.44. The van der Waals surface area contributed by atoms with E-state index in [9.17, 15) is 29.5 Å². The maximum atomic E-state index is 13.8. The van der Waals surface area contributed by atoms with Gasteiger partial charge in [-0.15, -0.1) is 0 Å². The molecular formula is C44H52N3O13P. The number of aliphatic hydroxyl groups excluding tert-OH is 2. The third kappa shape index (κ3) is 10.5. The van der Waals surface area contributed by atoms with Gasteiger partial charge in [-0.1, -0.05) is 97.9 Å². The number of carbonyl (C=O) groups is 2. The maximum Gasteiger partial charge on any atom is 0.530 e. The van der Waals surface area contributed by atoms with E-state index in [0.717, 1.165) is 16.7 Å². The summed E-state index contributed by atoms with van der Waals surface area (Å²) >= 11 is 0. The highest BCUT2D eigenvalue weighted by Crippen LogP contribution is 2.51. The van der Waals surface area contributed by atoms with Gasteiger partial charge in [-0.05, 0) is 48.6 Å². The van der Waals surface area contributed by atoms with Crippen LogP contribution >= 0.6 is 7.82 Å². The smallest absolute Gasteiger partial charge is 0.445 e. The topological polar surface area (TPSA) is 205 Å². The minimum Gasteiger partial charge on any atom is -0.445 e. The Bertz CT molecular complexity index is 2060. The van der Waals surface area contributed by atoms with Crippen molar-refractivity contribution in [3.8, 4) is 5.75 Å². The number of hydrogen-bond donors (Lipinski definition) is 4. The van der Waals surface area contributed by atoms with Crippen LogP contribution in [0.1, 0.15) is 49.1 Å². The van der Waals surface area contributed by atoms with Crippen LogP contribution in [0.3, 0.4) is 0 Å². The number of amides is 2. The molecule has 326 valence electrons. The van der Waals surface area contributed by atoms with Crippen LogP contribution in [0.4, 0.5) is 4.79 Å². The second-order valence-corrected chi connectivity index (χ2v) is 17.1. The average Bonchev–Trinajstić information content (AvgIpc) is 3.26. The van der Waals surface area contributed by atoms with Gasteiger partial charge in [-0.3, -0.25) is 18.8 Å². The lowest BCUT2D eigenvalue weighted by Crippen LogP contribution is -2.77. The van der Waals surface area contributed by atoms with E-state index in [1.165, 1.54) is 30.3 Å². The number of nitrogens with zero attached hydrogens (tertiary/aromatic N) is 2. The van der Waals surface area contributed by atoms with Gasteiger partial charge < -0.3 is 49.0 Å². The van der Waals surface area contributed by atoms with E-state index in [-0.39, 0.29) is 38.4 Å². The molecule has 0 radical (unpaired) electrons. The highest BCUT2D eigenvalue weighted by molar-refractivity contribution is 7.48. The molecule has 10 atom stereocenters. The van der Waals surface area contributed by atoms with Crippen LogP contribution in [0.5, 0.6) is 5.75 Å². The number of likely N-dealkylation sites (N-methyl/N-ethyl adjacent to an activating group) is 1. The van der Waals surface area contributed by atoms with Crippen molar-refractivity contribution >= 4 is 19.8 Å². The summed E-state index contributed by atoms with van der Waals surface area (Å²) < 4.78 is 55.2. The Morgan fingerprint density at radius 2 is 1.44 bits per heavy atom. The molecule has 3 aromatic carbocycles. The molecule has 0 unspecified atom stereocenters. The van der Waals surface area contributed by atoms with Crippen molar-refractivity contribution in [1.82, 2.24) is 15.2 Å². The van der Waals surface area contributed by atoms with Gasteiger partial charge in [-0.25, -0.2) is 9.36 Å². The standard InChI is InChI=1S/C44H52N3O13P/c1-4-34-38(49)37(47(3)43(51)54-25-29-14-8-5-9-15-29)40-41(39(34)50)58-42-44(52,59-40)35(22-28(2)57-42)46-36(48)23-32-20-21-33(24-45-32)60-61(53,55-26-30-16-10-6-11-17-30)56-27-31-18-12-7-13-19-31/h5-21,24,28,34-35,37-42,49-50,52H,4,22-23,25-27H2,1-3H3,(H,46,48)/t28-,34-,35-,37+,38+,39+,40-,41-,42+,44+/m1/s1. The highest BCUT2D eigenvalue weighted by atomic mass is 31.2. The first-order chi connectivity index (χ1) is 29.4. The Morgan fingerprint density at radius 3 is 2.00 bits per heavy atom. The molecule has 0 spiro atoms. The second kappa shape index (κ2) is 19.5. The summed E-state index contributed by atoms with van der Waals surface area (Å²) in [5, 5.41) is 38.1. The molecule has 4 N–H and O–H groups in total. The molecule has 2 saturated heterocycles. The van der Waals surface area contributed by atoms with E-state index in [1.54, 1.807) is 26.0 Å². The zero-order valence-corrected chi connectivity index (χ0v) is 35.0. The van der Waals surface area contributed by atoms with Crippen molar-refractivity contribution in [2.75, 3.05) is 7.05 Å². The van der Waals surface area contributed by atoms with Gasteiger partial charge in [0.05, 0.1) is 56.2 Å². The first kappa shape index (κ1) is 44.3. The Hall–Kier alpha value is -4.74. The molecule has 1 aromatic heterocycles. The summed E-state index contributed by atoms with van der Waals surface area (Å²) in [4.78, 5) is 32.6. The molecule has 16 nitrogen and oxygen atoms in total. The van der Waals surface area contributed by atoms with E-state index < -0.39 is 80.4 Å². The summed E-state index contributed by atoms with van der Waals surface area (Å²) in [6, 6.07) is 28.2. The quantitative estimate of drug-likeness (QED) is 0.116. The van der Waals surface area contributed by atoms with Crippen molar-refractivity contribution in [2.45, 2.75) is 108 Å². The normalized spacial score (nSPS) is 28.5. The molecule has 7 rings (SSSR count).